The third kappa shape index (κ3) is 3.47. The number of nitrogens with one attached hydrogen (secondary N) is 1. The molecule has 1 amide bonds. The summed E-state index contributed by atoms with van der Waals surface area (Å²) in [5.41, 5.74) is 8.66. The molecule has 0 saturated carbocycles. The minimum absolute atomic E-state index is 0.0596. The van der Waals surface area contributed by atoms with Gasteiger partial charge in [0.1, 0.15) is 0 Å². The van der Waals surface area contributed by atoms with Gasteiger partial charge in [0.25, 0.3) is 0 Å². The molecule has 1 aromatic carbocycles. The fourth-order valence-electron chi connectivity index (χ4n) is 1.27. The van der Waals surface area contributed by atoms with Crippen LogP contribution in [0.2, 0.25) is 0 Å². The molecule has 0 aromatic heterocycles. The molecule has 0 aliphatic heterocycles. The van der Waals surface area contributed by atoms with E-state index in [1.54, 1.807) is 0 Å². The van der Waals surface area contributed by atoms with Crippen molar-refractivity contribution >= 4 is 23.4 Å². The molecule has 0 radical (unpaired) electrons. The molecule has 15 heavy (non-hydrogen) atoms. The lowest BCUT2D eigenvalue weighted by Crippen LogP contribution is -2.24. The molecule has 0 fully saturated rings. The fourth-order valence-corrected chi connectivity index (χ4v) is 1.64. The molecule has 1 rings (SSSR count). The van der Waals surface area contributed by atoms with E-state index in [9.17, 15) is 4.79 Å². The van der Waals surface area contributed by atoms with Crippen molar-refractivity contribution in [2.24, 2.45) is 0 Å². The standard InChI is InChI=1S/C11H16N2OS/c1-8-9(4-3-5-10(8)12)6-13-11(14)7-15-2/h3-5H,6-7,12H2,1-2H3,(H,13,14). The van der Waals surface area contributed by atoms with Crippen LogP contribution in [0.3, 0.4) is 0 Å². The van der Waals surface area contributed by atoms with Gasteiger partial charge in [0, 0.05) is 12.2 Å². The minimum atomic E-state index is 0.0596. The molecule has 0 aliphatic rings. The number of carbonyl (C=O) groups is 1. The van der Waals surface area contributed by atoms with Gasteiger partial charge in [-0.1, -0.05) is 12.1 Å². The van der Waals surface area contributed by atoms with Crippen LogP contribution in [0.5, 0.6) is 0 Å². The molecule has 0 bridgehead atoms. The number of anilines is 1. The molecule has 3 nitrogen and oxygen atoms in total. The van der Waals surface area contributed by atoms with Gasteiger partial charge in [-0.25, -0.2) is 0 Å². The molecule has 4 heteroatoms. The summed E-state index contributed by atoms with van der Waals surface area (Å²) in [5.74, 6) is 0.561. The van der Waals surface area contributed by atoms with Crippen molar-refractivity contribution in [3.05, 3.63) is 29.3 Å². The lowest BCUT2D eigenvalue weighted by molar-refractivity contribution is -0.118. The average Bonchev–Trinajstić information content (AvgIpc) is 2.21. The van der Waals surface area contributed by atoms with E-state index in [4.69, 9.17) is 5.73 Å². The first-order valence-corrected chi connectivity index (χ1v) is 6.14. The Morgan fingerprint density at radius 2 is 2.27 bits per heavy atom. The first kappa shape index (κ1) is 11.9. The normalized spacial score (nSPS) is 10.0. The highest BCUT2D eigenvalue weighted by molar-refractivity contribution is 7.99. The third-order valence-corrected chi connectivity index (χ3v) is 2.79. The van der Waals surface area contributed by atoms with Crippen molar-refractivity contribution in [2.75, 3.05) is 17.7 Å². The van der Waals surface area contributed by atoms with Crippen molar-refractivity contribution in [3.63, 3.8) is 0 Å². The third-order valence-electron chi connectivity index (χ3n) is 2.24. The zero-order chi connectivity index (χ0) is 11.3. The van der Waals surface area contributed by atoms with Crippen molar-refractivity contribution in [2.45, 2.75) is 13.5 Å². The second kappa shape index (κ2) is 5.66. The molecule has 0 aliphatic carbocycles. The van der Waals surface area contributed by atoms with Crippen LogP contribution >= 0.6 is 11.8 Å². The van der Waals surface area contributed by atoms with Gasteiger partial charge in [0.15, 0.2) is 0 Å². The number of carbonyl (C=O) groups excluding carboxylic acids is 1. The molecule has 0 saturated heterocycles. The molecule has 0 heterocycles. The lowest BCUT2D eigenvalue weighted by Gasteiger charge is -2.09. The molecular formula is C11H16N2OS. The summed E-state index contributed by atoms with van der Waals surface area (Å²) in [7, 11) is 0. The Hall–Kier alpha value is -1.16. The van der Waals surface area contributed by atoms with Gasteiger partial charge >= 0.3 is 0 Å². The zero-order valence-corrected chi connectivity index (χ0v) is 9.86. The smallest absolute Gasteiger partial charge is 0.230 e. The van der Waals surface area contributed by atoms with Crippen LogP contribution < -0.4 is 11.1 Å². The van der Waals surface area contributed by atoms with E-state index in [-0.39, 0.29) is 5.91 Å². The van der Waals surface area contributed by atoms with Gasteiger partial charge in [-0.3, -0.25) is 4.79 Å². The molecule has 82 valence electrons. The van der Waals surface area contributed by atoms with Gasteiger partial charge < -0.3 is 11.1 Å². The van der Waals surface area contributed by atoms with E-state index in [1.807, 2.05) is 31.4 Å². The predicted octanol–water partition coefficient (Wildman–Crippen LogP) is 1.56. The number of benzene rings is 1. The van der Waals surface area contributed by atoms with Crippen molar-refractivity contribution < 1.29 is 4.79 Å². The SMILES string of the molecule is CSCC(=O)NCc1cccc(N)c1C. The van der Waals surface area contributed by atoms with Crippen LogP contribution in [-0.4, -0.2) is 17.9 Å². The molecular weight excluding hydrogens is 208 g/mol. The summed E-state index contributed by atoms with van der Waals surface area (Å²) in [6.45, 7) is 2.52. The lowest BCUT2D eigenvalue weighted by atomic mass is 10.1. The predicted molar refractivity (Wildman–Crippen MR) is 65.8 cm³/mol. The number of hydrogen-bond acceptors (Lipinski definition) is 3. The van der Waals surface area contributed by atoms with Crippen LogP contribution in [0, 0.1) is 6.92 Å². The van der Waals surface area contributed by atoms with Crippen molar-refractivity contribution in [3.8, 4) is 0 Å². The Bertz CT molecular complexity index is 352. The van der Waals surface area contributed by atoms with Crippen LogP contribution in [0.4, 0.5) is 5.69 Å². The summed E-state index contributed by atoms with van der Waals surface area (Å²) in [4.78, 5) is 11.2. The highest BCUT2D eigenvalue weighted by Gasteiger charge is 2.03. The minimum Gasteiger partial charge on any atom is -0.399 e. The van der Waals surface area contributed by atoms with Crippen LogP contribution in [0.15, 0.2) is 18.2 Å². The molecule has 0 spiro atoms. The largest absolute Gasteiger partial charge is 0.399 e. The summed E-state index contributed by atoms with van der Waals surface area (Å²) in [6, 6.07) is 5.74. The van der Waals surface area contributed by atoms with Gasteiger partial charge in [-0.15, -0.1) is 0 Å². The Labute approximate surface area is 94.4 Å². The fraction of sp³-hybridized carbons (Fsp3) is 0.364. The summed E-state index contributed by atoms with van der Waals surface area (Å²) >= 11 is 1.52. The number of amides is 1. The Kier molecular flexibility index (Phi) is 4.49. The quantitative estimate of drug-likeness (QED) is 0.763. The zero-order valence-electron chi connectivity index (χ0n) is 9.04. The van der Waals surface area contributed by atoms with Crippen molar-refractivity contribution in [1.29, 1.82) is 0 Å². The van der Waals surface area contributed by atoms with Crippen LogP contribution in [0.25, 0.3) is 0 Å². The monoisotopic (exact) mass is 224 g/mol. The maximum atomic E-state index is 11.2. The average molecular weight is 224 g/mol. The van der Waals surface area contributed by atoms with Gasteiger partial charge in [-0.2, -0.15) is 11.8 Å². The van der Waals surface area contributed by atoms with E-state index in [0.717, 1.165) is 16.8 Å². The Balaban J connectivity index is 2.58. The topological polar surface area (TPSA) is 55.1 Å². The van der Waals surface area contributed by atoms with Crippen LogP contribution in [0.1, 0.15) is 11.1 Å². The van der Waals surface area contributed by atoms with Gasteiger partial charge in [0.05, 0.1) is 5.75 Å². The van der Waals surface area contributed by atoms with E-state index < -0.39 is 0 Å². The number of hydrogen-bond donors (Lipinski definition) is 2. The number of thioether (sulfide) groups is 1. The first-order valence-electron chi connectivity index (χ1n) is 4.74. The summed E-state index contributed by atoms with van der Waals surface area (Å²) < 4.78 is 0. The maximum absolute atomic E-state index is 11.2. The second-order valence-corrected chi connectivity index (χ2v) is 4.21. The highest BCUT2D eigenvalue weighted by Crippen LogP contribution is 2.14. The number of rotatable bonds is 4. The molecule has 3 N–H and O–H groups in total. The van der Waals surface area contributed by atoms with Crippen LogP contribution in [-0.2, 0) is 11.3 Å². The molecule has 1 aromatic rings. The van der Waals surface area contributed by atoms with E-state index in [0.29, 0.717) is 12.3 Å². The van der Waals surface area contributed by atoms with E-state index in [2.05, 4.69) is 5.32 Å². The van der Waals surface area contributed by atoms with Crippen molar-refractivity contribution in [1.82, 2.24) is 5.32 Å². The van der Waals surface area contributed by atoms with E-state index in [1.165, 1.54) is 11.8 Å². The first-order chi connectivity index (χ1) is 7.15. The Morgan fingerprint density at radius 1 is 1.53 bits per heavy atom. The maximum Gasteiger partial charge on any atom is 0.230 e. The summed E-state index contributed by atoms with van der Waals surface area (Å²) in [6.07, 6.45) is 1.91. The molecule has 0 unspecified atom stereocenters. The van der Waals surface area contributed by atoms with E-state index >= 15 is 0 Å². The second-order valence-electron chi connectivity index (χ2n) is 3.34. The number of nitrogen functional groups attached to an aromatic ring is 1. The highest BCUT2D eigenvalue weighted by atomic mass is 32.2. The van der Waals surface area contributed by atoms with Gasteiger partial charge in [0.2, 0.25) is 5.91 Å². The molecule has 0 atom stereocenters. The van der Waals surface area contributed by atoms with Gasteiger partial charge in [-0.05, 0) is 30.4 Å². The number of nitrogens with two attached hydrogens (primary N) is 1. The summed E-state index contributed by atoms with van der Waals surface area (Å²) in [5, 5.41) is 2.85. The Morgan fingerprint density at radius 3 is 2.93 bits per heavy atom.